The molecule has 3 aliphatic heterocycles. The number of piperidine rings is 1. The van der Waals surface area contributed by atoms with Crippen molar-refractivity contribution in [3.8, 4) is 0 Å². The fourth-order valence-electron chi connectivity index (χ4n) is 3.53. The number of hydrogen-bond donors (Lipinski definition) is 4. The Bertz CT molecular complexity index is 803. The van der Waals surface area contributed by atoms with Crippen LogP contribution in [0.25, 0.3) is 17.8 Å². The van der Waals surface area contributed by atoms with Gasteiger partial charge in [0, 0.05) is 35.3 Å². The molecule has 4 rings (SSSR count). The Balaban J connectivity index is 1.77. The molecule has 1 fully saturated rings. The smallest absolute Gasteiger partial charge is 0.127 e. The second-order valence-electron chi connectivity index (χ2n) is 6.48. The number of anilines is 1. The van der Waals surface area contributed by atoms with Crippen molar-refractivity contribution >= 4 is 23.5 Å². The topological polar surface area (TPSA) is 48.1 Å². The predicted molar refractivity (Wildman–Crippen MR) is 97.3 cm³/mol. The fourth-order valence-corrected chi connectivity index (χ4v) is 3.53. The minimum absolute atomic E-state index is 0.108. The lowest BCUT2D eigenvalue weighted by Gasteiger charge is -2.26. The number of benzene rings is 1. The summed E-state index contributed by atoms with van der Waals surface area (Å²) in [5.41, 5.74) is 2.70. The van der Waals surface area contributed by atoms with Crippen LogP contribution in [0, 0.1) is 0 Å². The number of hydrogen-bond acceptors (Lipinski definition) is 4. The van der Waals surface area contributed by atoms with E-state index in [-0.39, 0.29) is 12.4 Å². The molecule has 126 valence electrons. The molecule has 5 heteroatoms. The summed E-state index contributed by atoms with van der Waals surface area (Å²) in [7, 11) is 0. The van der Waals surface area contributed by atoms with Crippen molar-refractivity contribution in [2.45, 2.75) is 18.9 Å². The molecule has 1 aromatic carbocycles. The molecule has 3 aliphatic rings. The molecule has 0 aromatic heterocycles. The summed E-state index contributed by atoms with van der Waals surface area (Å²) in [6, 6.07) is 4.64. The van der Waals surface area contributed by atoms with E-state index in [1.54, 1.807) is 0 Å². The van der Waals surface area contributed by atoms with E-state index < -0.39 is 0 Å². The zero-order chi connectivity index (χ0) is 16.4. The lowest BCUT2D eigenvalue weighted by Crippen LogP contribution is -2.40. The molecule has 4 nitrogen and oxygen atoms in total. The molecule has 24 heavy (non-hydrogen) atoms. The lowest BCUT2D eigenvalue weighted by molar-refractivity contribution is 0.479. The average Bonchev–Trinajstić information content (AvgIpc) is 2.63. The Kier molecular flexibility index (Phi) is 4.26. The van der Waals surface area contributed by atoms with Gasteiger partial charge in [0.05, 0.1) is 6.54 Å². The van der Waals surface area contributed by atoms with E-state index in [0.717, 1.165) is 48.9 Å². The number of fused-ring (bicyclic) bond motifs is 1. The summed E-state index contributed by atoms with van der Waals surface area (Å²) in [6.45, 7) is 3.16. The Morgan fingerprint density at radius 2 is 2.00 bits per heavy atom. The maximum atomic E-state index is 14.3. The van der Waals surface area contributed by atoms with Gasteiger partial charge in [0.15, 0.2) is 0 Å². The Morgan fingerprint density at radius 1 is 1.12 bits per heavy atom. The van der Waals surface area contributed by atoms with E-state index in [1.807, 2.05) is 12.3 Å². The largest absolute Gasteiger partial charge is 0.387 e. The van der Waals surface area contributed by atoms with Crippen LogP contribution >= 0.6 is 0 Å². The highest BCUT2D eigenvalue weighted by molar-refractivity contribution is 5.79. The summed E-state index contributed by atoms with van der Waals surface area (Å²) >= 11 is 0. The van der Waals surface area contributed by atoms with E-state index >= 15 is 0 Å². The quantitative estimate of drug-likeness (QED) is 0.663. The monoisotopic (exact) mass is 326 g/mol. The van der Waals surface area contributed by atoms with Gasteiger partial charge >= 0.3 is 0 Å². The molecule has 0 aliphatic carbocycles. The molecule has 0 radical (unpaired) electrons. The summed E-state index contributed by atoms with van der Waals surface area (Å²) < 4.78 is 14.3. The van der Waals surface area contributed by atoms with Crippen molar-refractivity contribution in [3.63, 3.8) is 0 Å². The van der Waals surface area contributed by atoms with E-state index in [9.17, 15) is 4.39 Å². The number of dihydropyridines is 1. The minimum Gasteiger partial charge on any atom is -0.387 e. The molecule has 0 amide bonds. The van der Waals surface area contributed by atoms with E-state index in [1.165, 1.54) is 5.22 Å². The van der Waals surface area contributed by atoms with Crippen LogP contribution in [0.1, 0.15) is 18.4 Å². The van der Waals surface area contributed by atoms with E-state index in [0.29, 0.717) is 11.6 Å². The van der Waals surface area contributed by atoms with Crippen LogP contribution in [-0.4, -0.2) is 32.2 Å². The van der Waals surface area contributed by atoms with Gasteiger partial charge in [0.1, 0.15) is 5.83 Å². The highest BCUT2D eigenvalue weighted by Gasteiger charge is 2.16. The van der Waals surface area contributed by atoms with Gasteiger partial charge in [0.25, 0.3) is 0 Å². The zero-order valence-electron chi connectivity index (χ0n) is 13.7. The fraction of sp³-hybridized carbons (Fsp3) is 0.368. The molecule has 0 bridgehead atoms. The van der Waals surface area contributed by atoms with Crippen LogP contribution in [0.4, 0.5) is 10.1 Å². The summed E-state index contributed by atoms with van der Waals surface area (Å²) in [5, 5.41) is 15.6. The minimum atomic E-state index is -0.108. The average molecular weight is 326 g/mol. The first-order valence-electron chi connectivity index (χ1n) is 8.65. The van der Waals surface area contributed by atoms with Crippen LogP contribution in [0.2, 0.25) is 0 Å². The Hall–Kier alpha value is -2.27. The Morgan fingerprint density at radius 3 is 2.83 bits per heavy atom. The molecule has 1 saturated heterocycles. The second-order valence-corrected chi connectivity index (χ2v) is 6.48. The first-order chi connectivity index (χ1) is 11.8. The van der Waals surface area contributed by atoms with E-state index in [2.05, 4.69) is 45.7 Å². The van der Waals surface area contributed by atoms with Gasteiger partial charge in [0.2, 0.25) is 0 Å². The third-order valence-corrected chi connectivity index (χ3v) is 4.83. The lowest BCUT2D eigenvalue weighted by atomic mass is 9.98. The molecule has 4 N–H and O–H groups in total. The zero-order valence-corrected chi connectivity index (χ0v) is 13.7. The van der Waals surface area contributed by atoms with Crippen molar-refractivity contribution in [1.82, 2.24) is 16.0 Å². The normalized spacial score (nSPS) is 20.4. The maximum Gasteiger partial charge on any atom is 0.127 e. The van der Waals surface area contributed by atoms with Crippen LogP contribution in [-0.2, 0) is 0 Å². The molecule has 0 spiro atoms. The molecular formula is C19H23FN4. The first kappa shape index (κ1) is 15.3. The van der Waals surface area contributed by atoms with Crippen molar-refractivity contribution in [2.24, 2.45) is 0 Å². The molecule has 0 saturated carbocycles. The predicted octanol–water partition coefficient (Wildman–Crippen LogP) is 0.770. The molecule has 0 unspecified atom stereocenters. The SMILES string of the molecule is FC1=C(c2cc(NC3CCNCC3)c3c(c2)=CCNC=3)C=CNC1. The van der Waals surface area contributed by atoms with Gasteiger partial charge in [-0.15, -0.1) is 0 Å². The number of rotatable bonds is 3. The van der Waals surface area contributed by atoms with Crippen molar-refractivity contribution in [2.75, 3.05) is 31.5 Å². The molecule has 0 atom stereocenters. The molecule has 1 aromatic rings. The van der Waals surface area contributed by atoms with Crippen molar-refractivity contribution in [3.05, 3.63) is 46.2 Å². The van der Waals surface area contributed by atoms with Crippen LogP contribution in [0.3, 0.4) is 0 Å². The van der Waals surface area contributed by atoms with Gasteiger partial charge < -0.3 is 21.3 Å². The highest BCUT2D eigenvalue weighted by atomic mass is 19.1. The third-order valence-electron chi connectivity index (χ3n) is 4.83. The Labute approximate surface area is 141 Å². The third kappa shape index (κ3) is 3.04. The number of allylic oxidation sites excluding steroid dienone is 2. The second kappa shape index (κ2) is 6.69. The van der Waals surface area contributed by atoms with E-state index in [4.69, 9.17) is 0 Å². The molecule has 3 heterocycles. The summed E-state index contributed by atoms with van der Waals surface area (Å²) in [5.74, 6) is -0.108. The van der Waals surface area contributed by atoms with Gasteiger partial charge in [-0.05, 0) is 61.1 Å². The van der Waals surface area contributed by atoms with Gasteiger partial charge in [-0.25, -0.2) is 4.39 Å². The standard InChI is InChI=1S/C19H23FN4/c20-18-12-23-8-4-16(18)14-9-13-1-5-22-11-17(13)19(10-14)24-15-2-6-21-7-3-15/h1,4,8-11,15,21-24H,2-3,5-7,12H2. The van der Waals surface area contributed by atoms with Crippen LogP contribution in [0.5, 0.6) is 0 Å². The number of nitrogens with one attached hydrogen (secondary N) is 4. The first-order valence-corrected chi connectivity index (χ1v) is 8.65. The van der Waals surface area contributed by atoms with Crippen LogP contribution < -0.4 is 31.7 Å². The van der Waals surface area contributed by atoms with Crippen LogP contribution in [0.15, 0.2) is 30.2 Å². The summed E-state index contributed by atoms with van der Waals surface area (Å²) in [6.07, 6.45) is 10.1. The number of halogens is 1. The van der Waals surface area contributed by atoms with Gasteiger partial charge in [-0.1, -0.05) is 6.08 Å². The van der Waals surface area contributed by atoms with Gasteiger partial charge in [-0.3, -0.25) is 0 Å². The van der Waals surface area contributed by atoms with Gasteiger partial charge in [-0.2, -0.15) is 0 Å². The molecular weight excluding hydrogens is 303 g/mol. The highest BCUT2D eigenvalue weighted by Crippen LogP contribution is 2.24. The summed E-state index contributed by atoms with van der Waals surface area (Å²) in [4.78, 5) is 0. The van der Waals surface area contributed by atoms with Crippen molar-refractivity contribution in [1.29, 1.82) is 0 Å². The van der Waals surface area contributed by atoms with Crippen molar-refractivity contribution < 1.29 is 4.39 Å². The maximum absolute atomic E-state index is 14.3.